The number of carbonyl (C=O) groups is 1. The van der Waals surface area contributed by atoms with E-state index in [0.29, 0.717) is 6.42 Å². The smallest absolute Gasteiger partial charge is 0.306 e. The molecule has 0 aliphatic carbocycles. The summed E-state index contributed by atoms with van der Waals surface area (Å²) >= 11 is 0. The SMILES string of the molecule is C=C[C@@H]1CC(=O)O[C@H]1CC/C=C/CCCCC. The average molecular weight is 236 g/mol. The lowest BCUT2D eigenvalue weighted by Crippen LogP contribution is -2.13. The van der Waals surface area contributed by atoms with Crippen LogP contribution in [-0.2, 0) is 9.53 Å². The third-order valence-corrected chi connectivity index (χ3v) is 3.22. The number of ether oxygens (including phenoxy) is 1. The van der Waals surface area contributed by atoms with Gasteiger partial charge in [0.1, 0.15) is 6.10 Å². The highest BCUT2D eigenvalue weighted by molar-refractivity contribution is 5.72. The molecule has 1 fully saturated rings. The Hall–Kier alpha value is -1.05. The van der Waals surface area contributed by atoms with Gasteiger partial charge in [-0.3, -0.25) is 4.79 Å². The van der Waals surface area contributed by atoms with Crippen molar-refractivity contribution in [2.24, 2.45) is 5.92 Å². The van der Waals surface area contributed by atoms with Gasteiger partial charge in [-0.1, -0.05) is 38.0 Å². The molecule has 96 valence electrons. The molecule has 1 rings (SSSR count). The monoisotopic (exact) mass is 236 g/mol. The molecule has 2 heteroatoms. The van der Waals surface area contributed by atoms with Gasteiger partial charge >= 0.3 is 5.97 Å². The maximum atomic E-state index is 11.1. The number of unbranched alkanes of at least 4 members (excludes halogenated alkanes) is 3. The number of carbonyl (C=O) groups excluding carboxylic acids is 1. The van der Waals surface area contributed by atoms with Crippen LogP contribution >= 0.6 is 0 Å². The Morgan fingerprint density at radius 1 is 1.35 bits per heavy atom. The standard InChI is InChI=1S/C15H24O2/c1-3-5-6-7-8-9-10-11-14-13(4-2)12-15(16)17-14/h4,8-9,13-14H,2-3,5-7,10-12H2,1H3/b9-8+/t13-,14+/m1/s1. The van der Waals surface area contributed by atoms with Crippen LogP contribution in [0.1, 0.15) is 51.9 Å². The maximum absolute atomic E-state index is 11.1. The van der Waals surface area contributed by atoms with E-state index in [1.165, 1.54) is 25.7 Å². The molecule has 0 bridgehead atoms. The molecule has 0 saturated carbocycles. The second-order valence-electron chi connectivity index (χ2n) is 4.68. The van der Waals surface area contributed by atoms with Crippen molar-refractivity contribution in [1.29, 1.82) is 0 Å². The van der Waals surface area contributed by atoms with Crippen LogP contribution in [0.3, 0.4) is 0 Å². The number of esters is 1. The highest BCUT2D eigenvalue weighted by atomic mass is 16.5. The Morgan fingerprint density at radius 2 is 2.12 bits per heavy atom. The minimum absolute atomic E-state index is 0.0558. The van der Waals surface area contributed by atoms with E-state index in [2.05, 4.69) is 25.7 Å². The van der Waals surface area contributed by atoms with Gasteiger partial charge in [0.15, 0.2) is 0 Å². The highest BCUT2D eigenvalue weighted by Crippen LogP contribution is 2.26. The molecule has 0 aromatic heterocycles. The van der Waals surface area contributed by atoms with Crippen molar-refractivity contribution < 1.29 is 9.53 Å². The van der Waals surface area contributed by atoms with Gasteiger partial charge in [-0.2, -0.15) is 0 Å². The summed E-state index contributed by atoms with van der Waals surface area (Å²) in [6, 6.07) is 0. The van der Waals surface area contributed by atoms with E-state index >= 15 is 0 Å². The topological polar surface area (TPSA) is 26.3 Å². The molecule has 1 heterocycles. The Bertz CT molecular complexity index is 268. The minimum Gasteiger partial charge on any atom is -0.462 e. The quantitative estimate of drug-likeness (QED) is 0.361. The zero-order valence-electron chi connectivity index (χ0n) is 10.9. The average Bonchev–Trinajstić information content (AvgIpc) is 2.68. The Kier molecular flexibility index (Phi) is 6.68. The summed E-state index contributed by atoms with van der Waals surface area (Å²) in [5.74, 6) is 0.141. The molecule has 1 aliphatic rings. The molecule has 0 radical (unpaired) electrons. The molecule has 1 saturated heterocycles. The van der Waals surface area contributed by atoms with Crippen molar-refractivity contribution >= 4 is 5.97 Å². The molecule has 0 aromatic rings. The van der Waals surface area contributed by atoms with Gasteiger partial charge in [0.2, 0.25) is 0 Å². The van der Waals surface area contributed by atoms with Crippen LogP contribution in [-0.4, -0.2) is 12.1 Å². The number of hydrogen-bond donors (Lipinski definition) is 0. The number of hydrogen-bond acceptors (Lipinski definition) is 2. The molecule has 0 unspecified atom stereocenters. The van der Waals surface area contributed by atoms with E-state index in [1.54, 1.807) is 0 Å². The van der Waals surface area contributed by atoms with Gasteiger partial charge in [-0.25, -0.2) is 0 Å². The molecule has 0 spiro atoms. The first-order valence-electron chi connectivity index (χ1n) is 6.75. The largest absolute Gasteiger partial charge is 0.462 e. The van der Waals surface area contributed by atoms with Gasteiger partial charge in [0.25, 0.3) is 0 Å². The van der Waals surface area contributed by atoms with Gasteiger partial charge in [0.05, 0.1) is 6.42 Å². The third-order valence-electron chi connectivity index (χ3n) is 3.22. The van der Waals surface area contributed by atoms with Crippen molar-refractivity contribution in [1.82, 2.24) is 0 Å². The first-order chi connectivity index (χ1) is 8.27. The fourth-order valence-electron chi connectivity index (χ4n) is 2.14. The molecule has 0 aromatic carbocycles. The summed E-state index contributed by atoms with van der Waals surface area (Å²) in [6.07, 6.45) is 13.8. The first kappa shape index (κ1) is 14.0. The first-order valence-corrected chi connectivity index (χ1v) is 6.75. The van der Waals surface area contributed by atoms with E-state index in [-0.39, 0.29) is 18.0 Å². The summed E-state index contributed by atoms with van der Waals surface area (Å²) < 4.78 is 5.27. The summed E-state index contributed by atoms with van der Waals surface area (Å²) in [5, 5.41) is 0. The molecule has 2 nitrogen and oxygen atoms in total. The predicted molar refractivity (Wildman–Crippen MR) is 70.7 cm³/mol. The fraction of sp³-hybridized carbons (Fsp3) is 0.667. The lowest BCUT2D eigenvalue weighted by Gasteiger charge is -2.12. The van der Waals surface area contributed by atoms with Crippen LogP contribution < -0.4 is 0 Å². The van der Waals surface area contributed by atoms with Crippen LogP contribution in [0.2, 0.25) is 0 Å². The third kappa shape index (κ3) is 5.20. The second kappa shape index (κ2) is 8.10. The lowest BCUT2D eigenvalue weighted by atomic mass is 9.98. The van der Waals surface area contributed by atoms with Crippen LogP contribution in [0.25, 0.3) is 0 Å². The summed E-state index contributed by atoms with van der Waals surface area (Å²) in [6.45, 7) is 5.97. The molecular formula is C15H24O2. The van der Waals surface area contributed by atoms with Gasteiger partial charge in [-0.15, -0.1) is 6.58 Å². The van der Waals surface area contributed by atoms with E-state index in [4.69, 9.17) is 4.74 Å². The van der Waals surface area contributed by atoms with Gasteiger partial charge < -0.3 is 4.74 Å². The van der Waals surface area contributed by atoms with Crippen LogP contribution in [0.4, 0.5) is 0 Å². The zero-order valence-corrected chi connectivity index (χ0v) is 10.9. The van der Waals surface area contributed by atoms with E-state index in [1.807, 2.05) is 6.08 Å². The van der Waals surface area contributed by atoms with Crippen LogP contribution in [0, 0.1) is 5.92 Å². The fourth-order valence-corrected chi connectivity index (χ4v) is 2.14. The minimum atomic E-state index is -0.0770. The van der Waals surface area contributed by atoms with Crippen molar-refractivity contribution in [3.05, 3.63) is 24.8 Å². The number of rotatable bonds is 8. The Balaban J connectivity index is 2.13. The number of allylic oxidation sites excluding steroid dienone is 2. The van der Waals surface area contributed by atoms with Crippen LogP contribution in [0.5, 0.6) is 0 Å². The van der Waals surface area contributed by atoms with Crippen molar-refractivity contribution in [3.8, 4) is 0 Å². The molecule has 1 aliphatic heterocycles. The van der Waals surface area contributed by atoms with Crippen molar-refractivity contribution in [2.75, 3.05) is 0 Å². The summed E-state index contributed by atoms with van der Waals surface area (Å²) in [5.41, 5.74) is 0. The van der Waals surface area contributed by atoms with E-state index in [9.17, 15) is 4.79 Å². The van der Waals surface area contributed by atoms with Gasteiger partial charge in [-0.05, 0) is 25.7 Å². The zero-order chi connectivity index (χ0) is 12.5. The predicted octanol–water partition coefficient (Wildman–Crippen LogP) is 4.02. The summed E-state index contributed by atoms with van der Waals surface area (Å²) in [7, 11) is 0. The molecular weight excluding hydrogens is 212 g/mol. The summed E-state index contributed by atoms with van der Waals surface area (Å²) in [4.78, 5) is 11.1. The molecule has 2 atom stereocenters. The van der Waals surface area contributed by atoms with Gasteiger partial charge in [0, 0.05) is 5.92 Å². The number of cyclic esters (lactones) is 1. The van der Waals surface area contributed by atoms with E-state index in [0.717, 1.165) is 12.8 Å². The molecule has 0 amide bonds. The Morgan fingerprint density at radius 3 is 2.82 bits per heavy atom. The van der Waals surface area contributed by atoms with Crippen molar-refractivity contribution in [3.63, 3.8) is 0 Å². The van der Waals surface area contributed by atoms with E-state index < -0.39 is 0 Å². The second-order valence-corrected chi connectivity index (χ2v) is 4.68. The highest BCUT2D eigenvalue weighted by Gasteiger charge is 2.31. The molecule has 17 heavy (non-hydrogen) atoms. The maximum Gasteiger partial charge on any atom is 0.306 e. The normalized spacial score (nSPS) is 24.2. The van der Waals surface area contributed by atoms with Crippen molar-refractivity contribution in [2.45, 2.75) is 58.0 Å². The lowest BCUT2D eigenvalue weighted by molar-refractivity contribution is -0.141. The Labute approximate surface area is 105 Å². The molecule has 0 N–H and O–H groups in total. The van der Waals surface area contributed by atoms with Crippen LogP contribution in [0.15, 0.2) is 24.8 Å².